The van der Waals surface area contributed by atoms with Gasteiger partial charge >= 0.3 is 0 Å². The zero-order valence-corrected chi connectivity index (χ0v) is 12.0. The molecule has 3 N–H and O–H groups in total. The molecule has 1 rings (SSSR count). The van der Waals surface area contributed by atoms with Crippen LogP contribution in [0.15, 0.2) is 12.1 Å². The zero-order chi connectivity index (χ0) is 14.4. The van der Waals surface area contributed by atoms with Crippen LogP contribution in [0.1, 0.15) is 19.4 Å². The van der Waals surface area contributed by atoms with Crippen molar-refractivity contribution in [1.29, 1.82) is 0 Å². The third-order valence-electron chi connectivity index (χ3n) is 2.68. The molecule has 5 nitrogen and oxygen atoms in total. The van der Waals surface area contributed by atoms with E-state index in [-0.39, 0.29) is 17.7 Å². The van der Waals surface area contributed by atoms with E-state index >= 15 is 0 Å². The van der Waals surface area contributed by atoms with Crippen LogP contribution >= 0.6 is 11.6 Å². The molecule has 1 amide bonds. The zero-order valence-electron chi connectivity index (χ0n) is 11.3. The van der Waals surface area contributed by atoms with Crippen LogP contribution in [0.3, 0.4) is 0 Å². The topological polar surface area (TPSA) is 70.6 Å². The van der Waals surface area contributed by atoms with Crippen molar-refractivity contribution >= 4 is 17.5 Å². The van der Waals surface area contributed by atoms with Gasteiger partial charge in [0.15, 0.2) is 11.5 Å². The summed E-state index contributed by atoms with van der Waals surface area (Å²) in [4.78, 5) is 11.6. The van der Waals surface area contributed by atoms with Crippen molar-refractivity contribution in [2.45, 2.75) is 26.4 Å². The fourth-order valence-electron chi connectivity index (χ4n) is 1.60. The number of hydrogen-bond donors (Lipinski definition) is 3. The van der Waals surface area contributed by atoms with E-state index in [2.05, 4.69) is 10.6 Å². The van der Waals surface area contributed by atoms with Crippen LogP contribution in [-0.4, -0.2) is 30.7 Å². The van der Waals surface area contributed by atoms with Crippen molar-refractivity contribution in [2.75, 3.05) is 13.7 Å². The standard InChI is InChI=1S/C13H19ClN2O3/c1-4-15-13(18)8(2)16-7-9-5-10(14)6-11(19-3)12(9)17/h5-6,8,16-17H,4,7H2,1-3H3,(H,15,18). The SMILES string of the molecule is CCNC(=O)C(C)NCc1cc(Cl)cc(OC)c1O. The van der Waals surface area contributed by atoms with Crippen LogP contribution in [0, 0.1) is 0 Å². The first kappa shape index (κ1) is 15.6. The second-order valence-corrected chi connectivity index (χ2v) is 4.55. The maximum atomic E-state index is 11.6. The second kappa shape index (κ2) is 7.21. The third kappa shape index (κ3) is 4.29. The number of phenols is 1. The van der Waals surface area contributed by atoms with Gasteiger partial charge in [0.1, 0.15) is 0 Å². The molecule has 106 valence electrons. The van der Waals surface area contributed by atoms with Gasteiger partial charge in [-0.05, 0) is 19.9 Å². The minimum Gasteiger partial charge on any atom is -0.504 e. The van der Waals surface area contributed by atoms with Crippen molar-refractivity contribution in [3.8, 4) is 11.5 Å². The molecular formula is C13H19ClN2O3. The minimum absolute atomic E-state index is 0.0301. The molecule has 0 aliphatic carbocycles. The van der Waals surface area contributed by atoms with Crippen LogP contribution in [0.4, 0.5) is 0 Å². The summed E-state index contributed by atoms with van der Waals surface area (Å²) in [7, 11) is 1.46. The Balaban J connectivity index is 2.72. The van der Waals surface area contributed by atoms with Gasteiger partial charge in [-0.3, -0.25) is 4.79 Å². The first-order valence-corrected chi connectivity index (χ1v) is 6.43. The van der Waals surface area contributed by atoms with Gasteiger partial charge in [-0.15, -0.1) is 0 Å². The number of methoxy groups -OCH3 is 1. The number of hydrogen-bond acceptors (Lipinski definition) is 4. The Bertz CT molecular complexity index is 452. The Morgan fingerprint density at radius 3 is 2.79 bits per heavy atom. The summed E-state index contributed by atoms with van der Waals surface area (Å²) in [5.41, 5.74) is 0.584. The summed E-state index contributed by atoms with van der Waals surface area (Å²) in [6, 6.07) is 2.81. The molecule has 0 aromatic heterocycles. The average Bonchev–Trinajstić information content (AvgIpc) is 2.39. The van der Waals surface area contributed by atoms with E-state index in [9.17, 15) is 9.90 Å². The van der Waals surface area contributed by atoms with Crippen LogP contribution < -0.4 is 15.4 Å². The van der Waals surface area contributed by atoms with Gasteiger partial charge in [-0.2, -0.15) is 0 Å². The lowest BCUT2D eigenvalue weighted by Crippen LogP contribution is -2.41. The van der Waals surface area contributed by atoms with Crippen LogP contribution in [0.25, 0.3) is 0 Å². The fraction of sp³-hybridized carbons (Fsp3) is 0.462. The highest BCUT2D eigenvalue weighted by Crippen LogP contribution is 2.33. The number of halogens is 1. The Morgan fingerprint density at radius 2 is 2.21 bits per heavy atom. The van der Waals surface area contributed by atoms with E-state index in [1.54, 1.807) is 13.0 Å². The number of likely N-dealkylation sites (N-methyl/N-ethyl adjacent to an activating group) is 1. The molecule has 0 aliphatic rings. The molecule has 19 heavy (non-hydrogen) atoms. The maximum absolute atomic E-state index is 11.6. The van der Waals surface area contributed by atoms with Gasteiger partial charge in [-0.25, -0.2) is 0 Å². The van der Waals surface area contributed by atoms with Crippen molar-refractivity contribution in [2.24, 2.45) is 0 Å². The molecule has 0 spiro atoms. The molecule has 0 heterocycles. The van der Waals surface area contributed by atoms with E-state index in [4.69, 9.17) is 16.3 Å². The number of amides is 1. The van der Waals surface area contributed by atoms with E-state index in [0.717, 1.165) is 0 Å². The van der Waals surface area contributed by atoms with E-state index in [1.807, 2.05) is 6.92 Å². The lowest BCUT2D eigenvalue weighted by molar-refractivity contribution is -0.122. The predicted octanol–water partition coefficient (Wildman–Crippen LogP) is 1.67. The van der Waals surface area contributed by atoms with Crippen LogP contribution in [0.2, 0.25) is 5.02 Å². The monoisotopic (exact) mass is 286 g/mol. The summed E-state index contributed by atoms with van der Waals surface area (Å²) in [5, 5.41) is 16.1. The Kier molecular flexibility index (Phi) is 5.92. The van der Waals surface area contributed by atoms with Gasteiger partial charge in [0.2, 0.25) is 5.91 Å². The minimum atomic E-state index is -0.357. The predicted molar refractivity (Wildman–Crippen MR) is 74.7 cm³/mol. The molecule has 0 fully saturated rings. The van der Waals surface area contributed by atoms with Gasteiger partial charge in [-0.1, -0.05) is 11.6 Å². The highest BCUT2D eigenvalue weighted by Gasteiger charge is 2.14. The maximum Gasteiger partial charge on any atom is 0.236 e. The molecule has 1 aromatic rings. The fourth-order valence-corrected chi connectivity index (χ4v) is 1.83. The smallest absolute Gasteiger partial charge is 0.236 e. The van der Waals surface area contributed by atoms with E-state index in [1.165, 1.54) is 13.2 Å². The molecule has 0 aliphatic heterocycles. The Morgan fingerprint density at radius 1 is 1.53 bits per heavy atom. The number of carbonyl (C=O) groups is 1. The summed E-state index contributed by atoms with van der Waals surface area (Å²) >= 11 is 5.93. The molecule has 0 bridgehead atoms. The number of rotatable bonds is 6. The van der Waals surface area contributed by atoms with E-state index in [0.29, 0.717) is 29.4 Å². The van der Waals surface area contributed by atoms with Gasteiger partial charge in [0.05, 0.1) is 13.2 Å². The lowest BCUT2D eigenvalue weighted by atomic mass is 10.1. The largest absolute Gasteiger partial charge is 0.504 e. The highest BCUT2D eigenvalue weighted by atomic mass is 35.5. The van der Waals surface area contributed by atoms with E-state index < -0.39 is 0 Å². The highest BCUT2D eigenvalue weighted by molar-refractivity contribution is 6.30. The van der Waals surface area contributed by atoms with Gasteiger partial charge in [0.25, 0.3) is 0 Å². The number of nitrogens with one attached hydrogen (secondary N) is 2. The van der Waals surface area contributed by atoms with Crippen molar-refractivity contribution in [3.05, 3.63) is 22.7 Å². The summed E-state index contributed by atoms with van der Waals surface area (Å²) < 4.78 is 5.02. The summed E-state index contributed by atoms with van der Waals surface area (Å²) in [5.74, 6) is 0.258. The third-order valence-corrected chi connectivity index (χ3v) is 2.90. The average molecular weight is 287 g/mol. The molecule has 1 unspecified atom stereocenters. The first-order valence-electron chi connectivity index (χ1n) is 6.06. The second-order valence-electron chi connectivity index (χ2n) is 4.11. The van der Waals surface area contributed by atoms with Crippen LogP contribution in [0.5, 0.6) is 11.5 Å². The van der Waals surface area contributed by atoms with Crippen molar-refractivity contribution < 1.29 is 14.6 Å². The number of phenolic OH excluding ortho intramolecular Hbond substituents is 1. The van der Waals surface area contributed by atoms with Crippen molar-refractivity contribution in [3.63, 3.8) is 0 Å². The molecule has 1 aromatic carbocycles. The number of benzene rings is 1. The molecule has 1 atom stereocenters. The Hall–Kier alpha value is -1.46. The quantitative estimate of drug-likeness (QED) is 0.744. The lowest BCUT2D eigenvalue weighted by Gasteiger charge is -2.15. The number of ether oxygens (including phenoxy) is 1. The van der Waals surface area contributed by atoms with Gasteiger partial charge < -0.3 is 20.5 Å². The first-order chi connectivity index (χ1) is 8.99. The number of carbonyl (C=O) groups excluding carboxylic acids is 1. The summed E-state index contributed by atoms with van der Waals surface area (Å²) in [6.45, 7) is 4.52. The Labute approximate surface area is 117 Å². The number of aromatic hydroxyl groups is 1. The molecule has 0 radical (unpaired) electrons. The van der Waals surface area contributed by atoms with Gasteiger partial charge in [0, 0.05) is 29.7 Å². The van der Waals surface area contributed by atoms with Crippen LogP contribution in [-0.2, 0) is 11.3 Å². The molecular weight excluding hydrogens is 268 g/mol. The molecule has 0 saturated carbocycles. The molecule has 0 saturated heterocycles. The molecule has 6 heteroatoms. The normalized spacial score (nSPS) is 12.0. The summed E-state index contributed by atoms with van der Waals surface area (Å²) in [6.07, 6.45) is 0. The van der Waals surface area contributed by atoms with Crippen molar-refractivity contribution in [1.82, 2.24) is 10.6 Å².